The number of amides is 1. The quantitative estimate of drug-likeness (QED) is 0.798. The molecule has 1 aromatic heterocycles. The van der Waals surface area contributed by atoms with Crippen LogP contribution in [0.4, 0.5) is 10.1 Å². The molecule has 21 heavy (non-hydrogen) atoms. The van der Waals surface area contributed by atoms with E-state index in [0.717, 1.165) is 9.35 Å². The van der Waals surface area contributed by atoms with Crippen LogP contribution in [0.15, 0.2) is 34.1 Å². The van der Waals surface area contributed by atoms with Crippen LogP contribution < -0.4 is 4.90 Å². The first-order valence-electron chi connectivity index (χ1n) is 6.24. The van der Waals surface area contributed by atoms with Gasteiger partial charge in [0.05, 0.1) is 26.8 Å². The van der Waals surface area contributed by atoms with Crippen molar-refractivity contribution < 1.29 is 9.18 Å². The van der Waals surface area contributed by atoms with E-state index in [9.17, 15) is 9.18 Å². The number of nitriles is 1. The van der Waals surface area contributed by atoms with Crippen molar-refractivity contribution in [2.45, 2.75) is 13.3 Å². The van der Waals surface area contributed by atoms with Crippen LogP contribution in [0.1, 0.15) is 21.7 Å². The van der Waals surface area contributed by atoms with Gasteiger partial charge in [-0.15, -0.1) is 11.3 Å². The smallest absolute Gasteiger partial charge is 0.268 e. The number of halogens is 2. The highest BCUT2D eigenvalue weighted by Gasteiger charge is 2.22. The minimum Gasteiger partial charge on any atom is -0.304 e. The van der Waals surface area contributed by atoms with Gasteiger partial charge in [0.2, 0.25) is 0 Å². The van der Waals surface area contributed by atoms with E-state index in [1.165, 1.54) is 22.3 Å². The molecule has 2 rings (SSSR count). The first kappa shape index (κ1) is 15.7. The summed E-state index contributed by atoms with van der Waals surface area (Å²) in [4.78, 5) is 14.4. The average Bonchev–Trinajstić information content (AvgIpc) is 2.80. The van der Waals surface area contributed by atoms with Crippen LogP contribution in [0.5, 0.6) is 0 Å². The summed E-state index contributed by atoms with van der Waals surface area (Å²) in [5.74, 6) is -0.773. The van der Waals surface area contributed by atoms with Crippen molar-refractivity contribution in [3.8, 4) is 6.07 Å². The molecule has 3 nitrogen and oxygen atoms in total. The van der Waals surface area contributed by atoms with Crippen molar-refractivity contribution >= 4 is 38.9 Å². The maximum atomic E-state index is 13.9. The van der Waals surface area contributed by atoms with Crippen LogP contribution in [0.3, 0.4) is 0 Å². The molecule has 0 atom stereocenters. The van der Waals surface area contributed by atoms with Gasteiger partial charge in [0.1, 0.15) is 5.82 Å². The van der Waals surface area contributed by atoms with Gasteiger partial charge in [-0.2, -0.15) is 5.26 Å². The summed E-state index contributed by atoms with van der Waals surface area (Å²) < 4.78 is 14.8. The first-order valence-corrected chi connectivity index (χ1v) is 7.85. The summed E-state index contributed by atoms with van der Waals surface area (Å²) in [6.45, 7) is 2.05. The van der Waals surface area contributed by atoms with Crippen molar-refractivity contribution in [1.29, 1.82) is 5.26 Å². The highest BCUT2D eigenvalue weighted by Crippen LogP contribution is 2.30. The van der Waals surface area contributed by atoms with Crippen molar-refractivity contribution in [3.63, 3.8) is 0 Å². The maximum Gasteiger partial charge on any atom is 0.268 e. The molecule has 0 saturated heterocycles. The molecule has 0 spiro atoms. The number of thiophene rings is 1. The molecule has 0 bridgehead atoms. The minimum absolute atomic E-state index is 0.144. The van der Waals surface area contributed by atoms with Gasteiger partial charge in [0.15, 0.2) is 0 Å². The van der Waals surface area contributed by atoms with Gasteiger partial charge in [0, 0.05) is 6.54 Å². The summed E-state index contributed by atoms with van der Waals surface area (Å²) >= 11 is 4.68. The Balaban J connectivity index is 2.38. The number of hydrogen-bond acceptors (Lipinski definition) is 3. The van der Waals surface area contributed by atoms with Crippen LogP contribution in [-0.4, -0.2) is 12.5 Å². The van der Waals surface area contributed by atoms with Crippen LogP contribution in [0.25, 0.3) is 0 Å². The molecular formula is C15H12BrFN2OS. The zero-order valence-electron chi connectivity index (χ0n) is 11.3. The van der Waals surface area contributed by atoms with Gasteiger partial charge < -0.3 is 4.90 Å². The number of nitrogens with zero attached hydrogens (tertiary/aromatic N) is 2. The first-order chi connectivity index (χ1) is 10.0. The normalized spacial score (nSPS) is 10.2. The van der Waals surface area contributed by atoms with Gasteiger partial charge in [-0.05, 0) is 46.6 Å². The highest BCUT2D eigenvalue weighted by molar-refractivity contribution is 9.11. The summed E-state index contributed by atoms with van der Waals surface area (Å²) in [7, 11) is 0. The molecule has 1 aromatic carbocycles. The zero-order valence-corrected chi connectivity index (χ0v) is 13.7. The van der Waals surface area contributed by atoms with Crippen LogP contribution >= 0.6 is 27.3 Å². The number of rotatable bonds is 4. The number of carbonyl (C=O) groups is 1. The summed E-state index contributed by atoms with van der Waals surface area (Å²) in [6, 6.07) is 9.83. The Bertz CT molecular complexity index is 688. The summed E-state index contributed by atoms with van der Waals surface area (Å²) in [6.07, 6.45) is 0.144. The molecule has 108 valence electrons. The molecule has 6 heteroatoms. The molecule has 0 saturated carbocycles. The monoisotopic (exact) mass is 366 g/mol. The third kappa shape index (κ3) is 3.49. The second-order valence-electron chi connectivity index (χ2n) is 4.38. The Kier molecular flexibility index (Phi) is 5.10. The number of carbonyl (C=O) groups excluding carboxylic acids is 1. The highest BCUT2D eigenvalue weighted by atomic mass is 79.9. The van der Waals surface area contributed by atoms with Crippen molar-refractivity contribution in [1.82, 2.24) is 0 Å². The predicted octanol–water partition coefficient (Wildman–Crippen LogP) is 4.52. The second kappa shape index (κ2) is 6.83. The molecule has 0 aliphatic rings. The standard InChI is InChI=1S/C15H12BrFN2OS/c1-10-9-13(21-14(10)16)15(20)19(8-4-7-18)12-6-3-2-5-11(12)17/h2-3,5-6,9H,4,8H2,1H3. The van der Waals surface area contributed by atoms with Gasteiger partial charge in [-0.1, -0.05) is 12.1 Å². The van der Waals surface area contributed by atoms with Gasteiger partial charge in [-0.3, -0.25) is 4.79 Å². The lowest BCUT2D eigenvalue weighted by Crippen LogP contribution is -2.32. The van der Waals surface area contributed by atoms with E-state index in [1.807, 2.05) is 13.0 Å². The third-order valence-corrected chi connectivity index (χ3v) is 5.03. The van der Waals surface area contributed by atoms with E-state index < -0.39 is 5.82 Å². The van der Waals surface area contributed by atoms with E-state index in [4.69, 9.17) is 5.26 Å². The zero-order chi connectivity index (χ0) is 15.4. The lowest BCUT2D eigenvalue weighted by atomic mass is 10.2. The molecule has 0 fully saturated rings. The van der Waals surface area contributed by atoms with Crippen LogP contribution in [0, 0.1) is 24.1 Å². The van der Waals surface area contributed by atoms with E-state index >= 15 is 0 Å². The molecular weight excluding hydrogens is 355 g/mol. The van der Waals surface area contributed by atoms with Crippen molar-refractivity contribution in [2.24, 2.45) is 0 Å². The molecule has 0 aliphatic heterocycles. The maximum absolute atomic E-state index is 13.9. The SMILES string of the molecule is Cc1cc(C(=O)N(CCC#N)c2ccccc2F)sc1Br. The average molecular weight is 367 g/mol. The Morgan fingerprint density at radius 2 is 2.19 bits per heavy atom. The van der Waals surface area contributed by atoms with Gasteiger partial charge in [-0.25, -0.2) is 4.39 Å². The predicted molar refractivity (Wildman–Crippen MR) is 85.1 cm³/mol. The fourth-order valence-electron chi connectivity index (χ4n) is 1.86. The number of anilines is 1. The Morgan fingerprint density at radius 1 is 1.48 bits per heavy atom. The Morgan fingerprint density at radius 3 is 2.76 bits per heavy atom. The lowest BCUT2D eigenvalue weighted by Gasteiger charge is -2.21. The number of aryl methyl sites for hydroxylation is 1. The third-order valence-electron chi connectivity index (χ3n) is 2.90. The number of para-hydroxylation sites is 1. The number of benzene rings is 1. The minimum atomic E-state index is -0.476. The van der Waals surface area contributed by atoms with E-state index in [-0.39, 0.29) is 24.6 Å². The summed E-state index contributed by atoms with van der Waals surface area (Å²) in [5.41, 5.74) is 1.15. The number of hydrogen-bond donors (Lipinski definition) is 0. The molecule has 0 N–H and O–H groups in total. The van der Waals surface area contributed by atoms with Gasteiger partial charge >= 0.3 is 0 Å². The molecule has 2 aromatic rings. The largest absolute Gasteiger partial charge is 0.304 e. The van der Waals surface area contributed by atoms with E-state index in [1.54, 1.807) is 24.3 Å². The molecule has 0 radical (unpaired) electrons. The second-order valence-corrected chi connectivity index (χ2v) is 6.75. The van der Waals surface area contributed by atoms with Crippen molar-refractivity contribution in [3.05, 3.63) is 50.4 Å². The lowest BCUT2D eigenvalue weighted by molar-refractivity contribution is 0.0990. The molecule has 1 heterocycles. The van der Waals surface area contributed by atoms with E-state index in [0.29, 0.717) is 4.88 Å². The fourth-order valence-corrected chi connectivity index (χ4v) is 3.35. The molecule has 0 unspecified atom stereocenters. The topological polar surface area (TPSA) is 44.1 Å². The Hall–Kier alpha value is -1.71. The van der Waals surface area contributed by atoms with Crippen molar-refractivity contribution in [2.75, 3.05) is 11.4 Å². The Labute approximate surface area is 134 Å². The molecule has 1 amide bonds. The summed E-state index contributed by atoms with van der Waals surface area (Å²) in [5, 5.41) is 8.75. The van der Waals surface area contributed by atoms with Crippen LogP contribution in [0.2, 0.25) is 0 Å². The van der Waals surface area contributed by atoms with E-state index in [2.05, 4.69) is 15.9 Å². The fraction of sp³-hybridized carbons (Fsp3) is 0.200. The van der Waals surface area contributed by atoms with Crippen LogP contribution in [-0.2, 0) is 0 Å². The van der Waals surface area contributed by atoms with Gasteiger partial charge in [0.25, 0.3) is 5.91 Å². The molecule has 0 aliphatic carbocycles.